The van der Waals surface area contributed by atoms with Crippen LogP contribution in [-0.4, -0.2) is 46.1 Å². The van der Waals surface area contributed by atoms with Gasteiger partial charge in [0.15, 0.2) is 0 Å². The highest BCUT2D eigenvalue weighted by Crippen LogP contribution is 2.08. The normalized spacial score (nSPS) is 9.85. The van der Waals surface area contributed by atoms with Gasteiger partial charge in [-0.3, -0.25) is 0 Å². The molecule has 8 heteroatoms. The van der Waals surface area contributed by atoms with Crippen molar-refractivity contribution < 1.29 is 19.3 Å². The molecule has 0 spiro atoms. The molecule has 0 radical (unpaired) electrons. The first-order chi connectivity index (χ1) is 12.9. The first-order valence-electron chi connectivity index (χ1n) is 7.96. The molecule has 0 heterocycles. The van der Waals surface area contributed by atoms with Crippen molar-refractivity contribution in [3.63, 3.8) is 0 Å². The SMILES string of the molecule is CN(OC(=O)CC(=O)ON(C)C(=S)c1ccccc1)C(=S)c1ccccc1. The fourth-order valence-electron chi connectivity index (χ4n) is 2.10. The largest absolute Gasteiger partial charge is 0.343 e. The molecule has 0 saturated heterocycles. The summed E-state index contributed by atoms with van der Waals surface area (Å²) in [4.78, 5) is 34.7. The molecule has 0 saturated carbocycles. The number of thiocarbonyl (C=S) groups is 2. The zero-order valence-corrected chi connectivity index (χ0v) is 16.5. The van der Waals surface area contributed by atoms with E-state index in [2.05, 4.69) is 0 Å². The van der Waals surface area contributed by atoms with Gasteiger partial charge in [0, 0.05) is 25.2 Å². The number of carbonyl (C=O) groups is 2. The van der Waals surface area contributed by atoms with Crippen LogP contribution in [0, 0.1) is 0 Å². The van der Waals surface area contributed by atoms with Gasteiger partial charge >= 0.3 is 11.9 Å². The maximum absolute atomic E-state index is 11.9. The number of nitrogens with zero attached hydrogens (tertiary/aromatic N) is 2. The first kappa shape index (κ1) is 20.5. The lowest BCUT2D eigenvalue weighted by Gasteiger charge is -2.20. The molecule has 2 aromatic carbocycles. The molecular formula is C19H18N2O4S2. The average molecular weight is 402 g/mol. The highest BCUT2D eigenvalue weighted by atomic mass is 32.1. The highest BCUT2D eigenvalue weighted by molar-refractivity contribution is 7.80. The second-order valence-corrected chi connectivity index (χ2v) is 6.21. The van der Waals surface area contributed by atoms with Crippen molar-refractivity contribution in [1.29, 1.82) is 0 Å². The third-order valence-electron chi connectivity index (χ3n) is 3.38. The Kier molecular flexibility index (Phi) is 7.39. The summed E-state index contributed by atoms with van der Waals surface area (Å²) in [7, 11) is 2.99. The maximum atomic E-state index is 11.9. The number of hydrogen-bond donors (Lipinski definition) is 0. The predicted octanol–water partition coefficient (Wildman–Crippen LogP) is 2.91. The van der Waals surface area contributed by atoms with Crippen molar-refractivity contribution in [3.8, 4) is 0 Å². The summed E-state index contributed by atoms with van der Waals surface area (Å²) in [5.74, 6) is -1.58. The van der Waals surface area contributed by atoms with Crippen molar-refractivity contribution >= 4 is 46.4 Å². The van der Waals surface area contributed by atoms with Crippen LogP contribution in [0.5, 0.6) is 0 Å². The van der Waals surface area contributed by atoms with Crippen molar-refractivity contribution in [2.24, 2.45) is 0 Å². The van der Waals surface area contributed by atoms with E-state index in [1.54, 1.807) is 24.3 Å². The summed E-state index contributed by atoms with van der Waals surface area (Å²) in [5.41, 5.74) is 1.44. The van der Waals surface area contributed by atoms with Gasteiger partial charge in [0.2, 0.25) is 0 Å². The molecule has 0 aliphatic carbocycles. The third-order valence-corrected chi connectivity index (χ3v) is 4.37. The van der Waals surface area contributed by atoms with Crippen LogP contribution in [0.25, 0.3) is 0 Å². The van der Waals surface area contributed by atoms with Crippen molar-refractivity contribution in [2.75, 3.05) is 14.1 Å². The topological polar surface area (TPSA) is 59.1 Å². The Bertz CT molecular complexity index is 759. The van der Waals surface area contributed by atoms with Crippen LogP contribution in [0.3, 0.4) is 0 Å². The van der Waals surface area contributed by atoms with Gasteiger partial charge < -0.3 is 9.68 Å². The standard InChI is InChI=1S/C19H18N2O4S2/c1-20(18(26)14-9-5-3-6-10-14)24-16(22)13-17(23)25-21(2)19(27)15-11-7-4-8-12-15/h3-12H,13H2,1-2H3. The van der Waals surface area contributed by atoms with Gasteiger partial charge in [-0.25, -0.2) is 9.59 Å². The Labute approximate surface area is 168 Å². The number of hydroxylamine groups is 4. The zero-order valence-electron chi connectivity index (χ0n) is 14.8. The number of hydrogen-bond acceptors (Lipinski definition) is 6. The molecule has 27 heavy (non-hydrogen) atoms. The second-order valence-electron chi connectivity index (χ2n) is 5.44. The summed E-state index contributed by atoms with van der Waals surface area (Å²) in [6, 6.07) is 18.1. The van der Waals surface area contributed by atoms with Gasteiger partial charge in [-0.1, -0.05) is 85.1 Å². The van der Waals surface area contributed by atoms with E-state index in [0.717, 1.165) is 21.3 Å². The monoisotopic (exact) mass is 402 g/mol. The van der Waals surface area contributed by atoms with Crippen LogP contribution in [0.1, 0.15) is 17.5 Å². The molecule has 0 N–H and O–H groups in total. The summed E-state index contributed by atoms with van der Waals surface area (Å²) < 4.78 is 0. The van der Waals surface area contributed by atoms with E-state index in [1.165, 1.54) is 14.1 Å². The molecule has 0 aromatic heterocycles. The number of rotatable bonds is 4. The van der Waals surface area contributed by atoms with Gasteiger partial charge in [-0.15, -0.1) is 0 Å². The number of carbonyl (C=O) groups excluding carboxylic acids is 2. The molecule has 0 fully saturated rings. The lowest BCUT2D eigenvalue weighted by molar-refractivity contribution is -0.180. The van der Waals surface area contributed by atoms with Gasteiger partial charge in [0.25, 0.3) is 0 Å². The molecule has 0 amide bonds. The number of benzene rings is 2. The predicted molar refractivity (Wildman–Crippen MR) is 109 cm³/mol. The van der Waals surface area contributed by atoms with Gasteiger partial charge in [-0.2, -0.15) is 10.1 Å². The first-order valence-corrected chi connectivity index (χ1v) is 8.78. The van der Waals surface area contributed by atoms with E-state index in [0.29, 0.717) is 9.98 Å². The van der Waals surface area contributed by atoms with Crippen LogP contribution in [0.15, 0.2) is 60.7 Å². The van der Waals surface area contributed by atoms with Gasteiger partial charge in [-0.05, 0) is 0 Å². The van der Waals surface area contributed by atoms with Crippen molar-refractivity contribution in [3.05, 3.63) is 71.8 Å². The quantitative estimate of drug-likeness (QED) is 0.440. The van der Waals surface area contributed by atoms with Crippen LogP contribution >= 0.6 is 24.4 Å². The van der Waals surface area contributed by atoms with E-state index in [9.17, 15) is 9.59 Å². The minimum absolute atomic E-state index is 0.319. The molecule has 0 atom stereocenters. The van der Waals surface area contributed by atoms with E-state index in [-0.39, 0.29) is 0 Å². The molecular weight excluding hydrogens is 384 g/mol. The smallest absolute Gasteiger partial charge is 0.340 e. The Balaban J connectivity index is 1.83. The van der Waals surface area contributed by atoms with Crippen LogP contribution < -0.4 is 0 Å². The summed E-state index contributed by atoms with van der Waals surface area (Å²) in [6.45, 7) is 0. The molecule has 0 aliphatic rings. The Morgan fingerprint density at radius 1 is 0.741 bits per heavy atom. The molecule has 0 unspecified atom stereocenters. The fourth-order valence-corrected chi connectivity index (χ4v) is 2.44. The fraction of sp³-hybridized carbons (Fsp3) is 0.158. The van der Waals surface area contributed by atoms with E-state index in [4.69, 9.17) is 34.1 Å². The molecule has 2 aromatic rings. The Hall–Kier alpha value is -2.84. The zero-order chi connectivity index (χ0) is 19.8. The van der Waals surface area contributed by atoms with Crippen molar-refractivity contribution in [1.82, 2.24) is 10.1 Å². The van der Waals surface area contributed by atoms with Crippen LogP contribution in [-0.2, 0) is 19.3 Å². The lowest BCUT2D eigenvalue weighted by atomic mass is 10.2. The van der Waals surface area contributed by atoms with Crippen LogP contribution in [0.4, 0.5) is 0 Å². The Morgan fingerprint density at radius 2 is 1.07 bits per heavy atom. The highest BCUT2D eigenvalue weighted by Gasteiger charge is 2.20. The summed E-state index contributed by atoms with van der Waals surface area (Å²) in [5, 5.41) is 2.27. The molecule has 0 bridgehead atoms. The van der Waals surface area contributed by atoms with E-state index >= 15 is 0 Å². The van der Waals surface area contributed by atoms with E-state index < -0.39 is 18.4 Å². The summed E-state index contributed by atoms with van der Waals surface area (Å²) in [6.07, 6.45) is -0.580. The molecule has 6 nitrogen and oxygen atoms in total. The third kappa shape index (κ3) is 6.12. The maximum Gasteiger partial charge on any atom is 0.343 e. The molecule has 0 aliphatic heterocycles. The van der Waals surface area contributed by atoms with Crippen molar-refractivity contribution in [2.45, 2.75) is 6.42 Å². The van der Waals surface area contributed by atoms with Crippen LogP contribution in [0.2, 0.25) is 0 Å². The van der Waals surface area contributed by atoms with E-state index in [1.807, 2.05) is 36.4 Å². The molecule has 2 rings (SSSR count). The minimum atomic E-state index is -0.792. The van der Waals surface area contributed by atoms with Gasteiger partial charge in [0.1, 0.15) is 16.4 Å². The Morgan fingerprint density at radius 3 is 1.41 bits per heavy atom. The average Bonchev–Trinajstić information content (AvgIpc) is 2.67. The second kappa shape index (κ2) is 9.75. The summed E-state index contributed by atoms with van der Waals surface area (Å²) >= 11 is 10.5. The lowest BCUT2D eigenvalue weighted by Crippen LogP contribution is -2.33. The van der Waals surface area contributed by atoms with Gasteiger partial charge in [0.05, 0.1) is 0 Å². The molecule has 140 valence electrons. The minimum Gasteiger partial charge on any atom is -0.340 e.